The summed E-state index contributed by atoms with van der Waals surface area (Å²) in [5, 5.41) is 16.5. The van der Waals surface area contributed by atoms with Crippen molar-refractivity contribution in [3.63, 3.8) is 0 Å². The molecule has 6 nitrogen and oxygen atoms in total. The molecule has 0 spiro atoms. The van der Waals surface area contributed by atoms with Gasteiger partial charge in [0.25, 0.3) is 0 Å². The van der Waals surface area contributed by atoms with Crippen LogP contribution in [0.4, 0.5) is 0 Å². The van der Waals surface area contributed by atoms with E-state index >= 15 is 0 Å². The first-order valence-corrected chi connectivity index (χ1v) is 3.72. The van der Waals surface area contributed by atoms with Crippen molar-refractivity contribution in [2.75, 3.05) is 13.6 Å². The Kier molecular flexibility index (Phi) is 5.82. The van der Waals surface area contributed by atoms with Crippen LogP contribution in [0.5, 0.6) is 0 Å². The molecule has 0 aromatic heterocycles. The summed E-state index contributed by atoms with van der Waals surface area (Å²) >= 11 is 0. The van der Waals surface area contributed by atoms with Gasteiger partial charge in [-0.25, -0.2) is 0 Å². The summed E-state index contributed by atoms with van der Waals surface area (Å²) in [7, 11) is 0. The van der Waals surface area contributed by atoms with Crippen LogP contribution in [0.15, 0.2) is 0 Å². The number of aliphatic hydroxyl groups excluding tert-OH is 2. The summed E-state index contributed by atoms with van der Waals surface area (Å²) in [5.41, 5.74) is 0. The molecule has 0 saturated carbocycles. The number of ether oxygens (including phenoxy) is 2. The van der Waals surface area contributed by atoms with Crippen LogP contribution in [-0.2, 0) is 19.1 Å². The standard InChI is InChI=1S/C7H12O6/c1-2-5(6(10)12-3-8)7(11)13-4-9/h5,8-9H,2-4H2,1H3. The van der Waals surface area contributed by atoms with Gasteiger partial charge in [0, 0.05) is 0 Å². The van der Waals surface area contributed by atoms with Crippen molar-refractivity contribution < 1.29 is 29.3 Å². The van der Waals surface area contributed by atoms with Crippen LogP contribution in [0.25, 0.3) is 0 Å². The number of esters is 2. The molecule has 0 aliphatic rings. The third-order valence-corrected chi connectivity index (χ3v) is 1.39. The van der Waals surface area contributed by atoms with E-state index in [1.54, 1.807) is 6.92 Å². The van der Waals surface area contributed by atoms with Crippen LogP contribution in [0.2, 0.25) is 0 Å². The lowest BCUT2D eigenvalue weighted by atomic mass is 10.1. The lowest BCUT2D eigenvalue weighted by molar-refractivity contribution is -0.170. The fourth-order valence-electron chi connectivity index (χ4n) is 0.758. The van der Waals surface area contributed by atoms with E-state index in [9.17, 15) is 9.59 Å². The molecule has 0 radical (unpaired) electrons. The maximum atomic E-state index is 10.9. The fourth-order valence-corrected chi connectivity index (χ4v) is 0.758. The zero-order chi connectivity index (χ0) is 10.3. The van der Waals surface area contributed by atoms with Crippen molar-refractivity contribution in [1.29, 1.82) is 0 Å². The molecule has 0 aromatic rings. The number of carbonyl (C=O) groups is 2. The zero-order valence-corrected chi connectivity index (χ0v) is 7.23. The molecular formula is C7H12O6. The van der Waals surface area contributed by atoms with Gasteiger partial charge in [0.2, 0.25) is 0 Å². The minimum atomic E-state index is -1.08. The molecule has 0 fully saturated rings. The average molecular weight is 192 g/mol. The lowest BCUT2D eigenvalue weighted by Crippen LogP contribution is -2.27. The van der Waals surface area contributed by atoms with Gasteiger partial charge in [-0.1, -0.05) is 6.92 Å². The molecule has 0 atom stereocenters. The summed E-state index contributed by atoms with van der Waals surface area (Å²) in [6.45, 7) is 0.0331. The van der Waals surface area contributed by atoms with Crippen molar-refractivity contribution in [3.8, 4) is 0 Å². The number of rotatable bonds is 5. The summed E-state index contributed by atoms with van der Waals surface area (Å²) in [6, 6.07) is 0. The van der Waals surface area contributed by atoms with Gasteiger partial charge in [0.05, 0.1) is 0 Å². The van der Waals surface area contributed by atoms with E-state index in [0.717, 1.165) is 0 Å². The first kappa shape index (κ1) is 11.9. The molecule has 0 aliphatic heterocycles. The quantitative estimate of drug-likeness (QED) is 0.329. The van der Waals surface area contributed by atoms with Gasteiger partial charge < -0.3 is 19.7 Å². The highest BCUT2D eigenvalue weighted by Crippen LogP contribution is 2.07. The topological polar surface area (TPSA) is 93.1 Å². The zero-order valence-electron chi connectivity index (χ0n) is 7.23. The molecule has 0 rings (SSSR count). The van der Waals surface area contributed by atoms with Crippen molar-refractivity contribution in [2.24, 2.45) is 5.92 Å². The Hall–Kier alpha value is -1.14. The smallest absolute Gasteiger partial charge is 0.322 e. The Bertz CT molecular complexity index is 160. The molecule has 76 valence electrons. The van der Waals surface area contributed by atoms with Crippen molar-refractivity contribution in [2.45, 2.75) is 13.3 Å². The largest absolute Gasteiger partial charge is 0.438 e. The Morgan fingerprint density at radius 3 is 1.77 bits per heavy atom. The first-order chi connectivity index (χ1) is 6.17. The SMILES string of the molecule is CCC(C(=O)OCO)C(=O)OCO. The molecule has 13 heavy (non-hydrogen) atoms. The molecule has 0 amide bonds. The van der Waals surface area contributed by atoms with E-state index in [0.29, 0.717) is 0 Å². The van der Waals surface area contributed by atoms with Crippen LogP contribution in [0.1, 0.15) is 13.3 Å². The molecule has 0 saturated heterocycles. The van der Waals surface area contributed by atoms with Crippen molar-refractivity contribution in [3.05, 3.63) is 0 Å². The van der Waals surface area contributed by atoms with Gasteiger partial charge in [-0.3, -0.25) is 9.59 Å². The molecule has 0 aromatic carbocycles. The number of carbonyl (C=O) groups excluding carboxylic acids is 2. The van der Waals surface area contributed by atoms with E-state index in [1.807, 2.05) is 0 Å². The molecule has 0 aliphatic carbocycles. The van der Waals surface area contributed by atoms with E-state index in [2.05, 4.69) is 9.47 Å². The number of aliphatic hydroxyl groups is 2. The third-order valence-electron chi connectivity index (χ3n) is 1.39. The van der Waals surface area contributed by atoms with Gasteiger partial charge >= 0.3 is 11.9 Å². The van der Waals surface area contributed by atoms with Crippen molar-refractivity contribution in [1.82, 2.24) is 0 Å². The molecule has 0 heterocycles. The number of hydrogen-bond acceptors (Lipinski definition) is 6. The highest BCUT2D eigenvalue weighted by Gasteiger charge is 2.27. The monoisotopic (exact) mass is 192 g/mol. The Balaban J connectivity index is 4.15. The molecule has 0 unspecified atom stereocenters. The van der Waals surface area contributed by atoms with Crippen LogP contribution in [0.3, 0.4) is 0 Å². The van der Waals surface area contributed by atoms with Gasteiger partial charge in [-0.2, -0.15) is 0 Å². The highest BCUT2D eigenvalue weighted by atomic mass is 16.6. The molecule has 2 N–H and O–H groups in total. The Labute approximate surface area is 75.1 Å². The normalized spacial score (nSPS) is 9.85. The second-order valence-corrected chi connectivity index (χ2v) is 2.15. The predicted octanol–water partition coefficient (Wildman–Crippen LogP) is -1.00. The second kappa shape index (κ2) is 6.38. The summed E-state index contributed by atoms with van der Waals surface area (Å²) < 4.78 is 8.39. The summed E-state index contributed by atoms with van der Waals surface area (Å²) in [5.74, 6) is -2.80. The van der Waals surface area contributed by atoms with Gasteiger partial charge in [-0.05, 0) is 6.42 Å². The van der Waals surface area contributed by atoms with Gasteiger partial charge in [0.15, 0.2) is 19.5 Å². The number of hydrogen-bond donors (Lipinski definition) is 2. The van der Waals surface area contributed by atoms with Gasteiger partial charge in [0.1, 0.15) is 0 Å². The van der Waals surface area contributed by atoms with E-state index < -0.39 is 31.4 Å². The lowest BCUT2D eigenvalue weighted by Gasteiger charge is -2.10. The molecule has 0 bridgehead atoms. The first-order valence-electron chi connectivity index (χ1n) is 3.72. The van der Waals surface area contributed by atoms with E-state index in [1.165, 1.54) is 0 Å². The predicted molar refractivity (Wildman–Crippen MR) is 40.1 cm³/mol. The van der Waals surface area contributed by atoms with Gasteiger partial charge in [-0.15, -0.1) is 0 Å². The van der Waals surface area contributed by atoms with E-state index in [4.69, 9.17) is 10.2 Å². The minimum Gasteiger partial charge on any atom is -0.438 e. The minimum absolute atomic E-state index is 0.192. The molecule has 6 heteroatoms. The van der Waals surface area contributed by atoms with Crippen molar-refractivity contribution >= 4 is 11.9 Å². The Morgan fingerprint density at radius 2 is 1.54 bits per heavy atom. The van der Waals surface area contributed by atoms with Crippen LogP contribution in [-0.4, -0.2) is 35.7 Å². The molecular weight excluding hydrogens is 180 g/mol. The second-order valence-electron chi connectivity index (χ2n) is 2.15. The Morgan fingerprint density at radius 1 is 1.15 bits per heavy atom. The third kappa shape index (κ3) is 3.86. The maximum absolute atomic E-state index is 10.9. The van der Waals surface area contributed by atoms with Crippen LogP contribution in [0, 0.1) is 5.92 Å². The van der Waals surface area contributed by atoms with Crippen LogP contribution >= 0.6 is 0 Å². The highest BCUT2D eigenvalue weighted by molar-refractivity contribution is 5.94. The van der Waals surface area contributed by atoms with E-state index in [-0.39, 0.29) is 6.42 Å². The fraction of sp³-hybridized carbons (Fsp3) is 0.714. The maximum Gasteiger partial charge on any atom is 0.322 e. The summed E-state index contributed by atoms with van der Waals surface area (Å²) in [6.07, 6.45) is 0.192. The summed E-state index contributed by atoms with van der Waals surface area (Å²) in [4.78, 5) is 21.9. The van der Waals surface area contributed by atoms with Crippen LogP contribution < -0.4 is 0 Å². The average Bonchev–Trinajstić information content (AvgIpc) is 2.06.